The van der Waals surface area contributed by atoms with Crippen LogP contribution in [-0.2, 0) is 4.74 Å². The molecule has 0 aromatic carbocycles. The SMILES string of the molecule is Clc1cccnc1N1CCCC(OC2CCCN(c3ncccc3Cl)C2)C1. The van der Waals surface area contributed by atoms with Crippen LogP contribution in [0.4, 0.5) is 11.6 Å². The van der Waals surface area contributed by atoms with Gasteiger partial charge in [0, 0.05) is 38.6 Å². The zero-order valence-corrected chi connectivity index (χ0v) is 16.7. The summed E-state index contributed by atoms with van der Waals surface area (Å²) in [5.41, 5.74) is 0. The van der Waals surface area contributed by atoms with Gasteiger partial charge in [-0.3, -0.25) is 0 Å². The van der Waals surface area contributed by atoms with Crippen LogP contribution in [0.3, 0.4) is 0 Å². The molecule has 7 heteroatoms. The van der Waals surface area contributed by atoms with E-state index >= 15 is 0 Å². The molecule has 0 bridgehead atoms. The van der Waals surface area contributed by atoms with E-state index in [0.717, 1.165) is 63.5 Å². The van der Waals surface area contributed by atoms with Crippen LogP contribution in [0.15, 0.2) is 36.7 Å². The Morgan fingerprint density at radius 2 is 1.30 bits per heavy atom. The lowest BCUT2D eigenvalue weighted by Crippen LogP contribution is -2.46. The summed E-state index contributed by atoms with van der Waals surface area (Å²) in [6.07, 6.45) is 8.29. The molecule has 0 aliphatic carbocycles. The smallest absolute Gasteiger partial charge is 0.147 e. The van der Waals surface area contributed by atoms with Crippen molar-refractivity contribution in [3.05, 3.63) is 46.7 Å². The first kappa shape index (κ1) is 18.8. The summed E-state index contributed by atoms with van der Waals surface area (Å²) in [6, 6.07) is 7.51. The number of hydrogen-bond donors (Lipinski definition) is 0. The first-order valence-electron chi connectivity index (χ1n) is 9.57. The molecule has 2 fully saturated rings. The van der Waals surface area contributed by atoms with E-state index in [9.17, 15) is 0 Å². The standard InChI is InChI=1S/C20H24Cl2N4O/c21-17-7-1-9-23-19(17)25-11-3-5-15(13-25)27-16-6-4-12-26(14-16)20-18(22)8-2-10-24-20/h1-2,7-10,15-16H,3-6,11-14H2. The zero-order chi connectivity index (χ0) is 18.6. The zero-order valence-electron chi connectivity index (χ0n) is 15.2. The van der Waals surface area contributed by atoms with Crippen molar-refractivity contribution < 1.29 is 4.74 Å². The van der Waals surface area contributed by atoms with Gasteiger partial charge in [0.15, 0.2) is 0 Å². The van der Waals surface area contributed by atoms with Crippen molar-refractivity contribution in [1.29, 1.82) is 0 Å². The highest BCUT2D eigenvalue weighted by molar-refractivity contribution is 6.33. The Hall–Kier alpha value is -1.56. The minimum absolute atomic E-state index is 0.195. The van der Waals surface area contributed by atoms with Gasteiger partial charge in [-0.2, -0.15) is 0 Å². The monoisotopic (exact) mass is 406 g/mol. The Bertz CT molecular complexity index is 712. The van der Waals surface area contributed by atoms with Crippen LogP contribution in [0.25, 0.3) is 0 Å². The van der Waals surface area contributed by atoms with Crippen LogP contribution in [-0.4, -0.2) is 48.4 Å². The molecule has 0 amide bonds. The van der Waals surface area contributed by atoms with E-state index in [-0.39, 0.29) is 12.2 Å². The van der Waals surface area contributed by atoms with Gasteiger partial charge in [0.05, 0.1) is 22.3 Å². The quantitative estimate of drug-likeness (QED) is 0.750. The Morgan fingerprint density at radius 1 is 0.815 bits per heavy atom. The average Bonchev–Trinajstić information content (AvgIpc) is 2.69. The summed E-state index contributed by atoms with van der Waals surface area (Å²) < 4.78 is 6.49. The molecule has 0 spiro atoms. The second kappa shape index (κ2) is 8.63. The summed E-state index contributed by atoms with van der Waals surface area (Å²) in [5, 5.41) is 1.40. The molecule has 2 atom stereocenters. The van der Waals surface area contributed by atoms with Gasteiger partial charge in [0.25, 0.3) is 0 Å². The fraction of sp³-hybridized carbons (Fsp3) is 0.500. The number of nitrogens with zero attached hydrogens (tertiary/aromatic N) is 4. The molecule has 2 aromatic rings. The van der Waals surface area contributed by atoms with Crippen molar-refractivity contribution in [1.82, 2.24) is 9.97 Å². The molecule has 0 N–H and O–H groups in total. The van der Waals surface area contributed by atoms with Crippen LogP contribution in [0.5, 0.6) is 0 Å². The normalized spacial score (nSPS) is 23.5. The molecule has 2 aliphatic rings. The number of ether oxygens (including phenoxy) is 1. The Balaban J connectivity index is 1.38. The van der Waals surface area contributed by atoms with E-state index in [0.29, 0.717) is 10.0 Å². The molecule has 2 saturated heterocycles. The third-order valence-corrected chi connectivity index (χ3v) is 5.81. The molecule has 2 aromatic heterocycles. The van der Waals surface area contributed by atoms with Gasteiger partial charge >= 0.3 is 0 Å². The van der Waals surface area contributed by atoms with Crippen LogP contribution < -0.4 is 9.80 Å². The van der Waals surface area contributed by atoms with E-state index < -0.39 is 0 Å². The van der Waals surface area contributed by atoms with Crippen molar-refractivity contribution in [2.75, 3.05) is 36.0 Å². The van der Waals surface area contributed by atoms with Gasteiger partial charge in [0.2, 0.25) is 0 Å². The van der Waals surface area contributed by atoms with Crippen LogP contribution in [0.1, 0.15) is 25.7 Å². The van der Waals surface area contributed by atoms with Crippen molar-refractivity contribution in [3.8, 4) is 0 Å². The number of rotatable bonds is 4. The maximum Gasteiger partial charge on any atom is 0.147 e. The van der Waals surface area contributed by atoms with Gasteiger partial charge in [-0.1, -0.05) is 23.2 Å². The lowest BCUT2D eigenvalue weighted by molar-refractivity contribution is -0.0236. The van der Waals surface area contributed by atoms with Crippen LogP contribution in [0.2, 0.25) is 10.0 Å². The van der Waals surface area contributed by atoms with Crippen molar-refractivity contribution in [2.45, 2.75) is 37.9 Å². The second-order valence-electron chi connectivity index (χ2n) is 7.17. The molecule has 144 valence electrons. The largest absolute Gasteiger partial charge is 0.371 e. The predicted molar refractivity (Wildman–Crippen MR) is 110 cm³/mol. The van der Waals surface area contributed by atoms with Gasteiger partial charge < -0.3 is 14.5 Å². The average molecular weight is 407 g/mol. The van der Waals surface area contributed by atoms with Gasteiger partial charge in [-0.25, -0.2) is 9.97 Å². The number of aromatic nitrogens is 2. The topological polar surface area (TPSA) is 41.5 Å². The Labute approximate surface area is 170 Å². The van der Waals surface area contributed by atoms with Crippen molar-refractivity contribution in [2.24, 2.45) is 0 Å². The van der Waals surface area contributed by atoms with Crippen molar-refractivity contribution in [3.63, 3.8) is 0 Å². The lowest BCUT2D eigenvalue weighted by Gasteiger charge is -2.39. The highest BCUT2D eigenvalue weighted by Crippen LogP contribution is 2.29. The number of hydrogen-bond acceptors (Lipinski definition) is 5. The highest BCUT2D eigenvalue weighted by Gasteiger charge is 2.28. The summed E-state index contributed by atoms with van der Waals surface area (Å²) in [6.45, 7) is 3.60. The van der Waals surface area contributed by atoms with Gasteiger partial charge in [-0.05, 0) is 49.9 Å². The molecule has 2 unspecified atom stereocenters. The molecule has 5 nitrogen and oxygen atoms in total. The fourth-order valence-electron chi connectivity index (χ4n) is 3.98. The first-order chi connectivity index (χ1) is 13.2. The van der Waals surface area contributed by atoms with Crippen LogP contribution in [0, 0.1) is 0 Å². The predicted octanol–water partition coefficient (Wildman–Crippen LogP) is 4.44. The molecule has 27 heavy (non-hydrogen) atoms. The minimum atomic E-state index is 0.195. The molecule has 2 aliphatic heterocycles. The molecule has 4 heterocycles. The third-order valence-electron chi connectivity index (χ3n) is 5.22. The maximum absolute atomic E-state index is 6.49. The Kier molecular flexibility index (Phi) is 6.01. The number of pyridine rings is 2. The third kappa shape index (κ3) is 4.48. The van der Waals surface area contributed by atoms with E-state index in [1.807, 2.05) is 24.3 Å². The minimum Gasteiger partial charge on any atom is -0.371 e. The summed E-state index contributed by atoms with van der Waals surface area (Å²) in [4.78, 5) is 13.4. The van der Waals surface area contributed by atoms with E-state index in [4.69, 9.17) is 27.9 Å². The van der Waals surface area contributed by atoms with E-state index in [1.165, 1.54) is 0 Å². The molecular formula is C20H24Cl2N4O. The Morgan fingerprint density at radius 3 is 1.74 bits per heavy atom. The molecule has 0 saturated carbocycles. The highest BCUT2D eigenvalue weighted by atomic mass is 35.5. The number of anilines is 2. The van der Waals surface area contributed by atoms with Crippen LogP contribution >= 0.6 is 23.2 Å². The van der Waals surface area contributed by atoms with Crippen molar-refractivity contribution >= 4 is 34.8 Å². The van der Waals surface area contributed by atoms with E-state index in [1.54, 1.807) is 12.4 Å². The number of halogens is 2. The number of piperidine rings is 2. The lowest BCUT2D eigenvalue weighted by atomic mass is 10.1. The van der Waals surface area contributed by atoms with E-state index in [2.05, 4.69) is 19.8 Å². The second-order valence-corrected chi connectivity index (χ2v) is 7.99. The molecule has 0 radical (unpaired) electrons. The van der Waals surface area contributed by atoms with Gasteiger partial charge in [0.1, 0.15) is 11.6 Å². The molecular weight excluding hydrogens is 383 g/mol. The van der Waals surface area contributed by atoms with Gasteiger partial charge in [-0.15, -0.1) is 0 Å². The summed E-state index contributed by atoms with van der Waals surface area (Å²) in [7, 11) is 0. The summed E-state index contributed by atoms with van der Waals surface area (Å²) >= 11 is 12.7. The fourth-order valence-corrected chi connectivity index (χ4v) is 4.46. The molecule has 4 rings (SSSR count). The first-order valence-corrected chi connectivity index (χ1v) is 10.3. The summed E-state index contributed by atoms with van der Waals surface area (Å²) in [5.74, 6) is 1.72. The maximum atomic E-state index is 6.49.